The third-order valence-electron chi connectivity index (χ3n) is 2.59. The quantitative estimate of drug-likeness (QED) is 0.797. The van der Waals surface area contributed by atoms with E-state index in [-0.39, 0.29) is 0 Å². The van der Waals surface area contributed by atoms with Crippen molar-refractivity contribution in [2.24, 2.45) is 7.05 Å². The van der Waals surface area contributed by atoms with Crippen LogP contribution in [0, 0.1) is 0 Å². The average Bonchev–Trinajstić information content (AvgIpc) is 2.45. The van der Waals surface area contributed by atoms with Crippen molar-refractivity contribution < 1.29 is 5.11 Å². The number of aliphatic hydroxyl groups is 1. The van der Waals surface area contributed by atoms with Gasteiger partial charge in [0.2, 0.25) is 0 Å². The van der Waals surface area contributed by atoms with Crippen LogP contribution in [-0.2, 0) is 13.5 Å². The normalized spacial score (nSPS) is 12.3. The molecule has 0 spiro atoms. The van der Waals surface area contributed by atoms with Crippen LogP contribution in [0.25, 0.3) is 10.9 Å². The molecule has 0 fully saturated rings. The van der Waals surface area contributed by atoms with E-state index in [0.29, 0.717) is 6.42 Å². The molecule has 80 valence electrons. The van der Waals surface area contributed by atoms with Gasteiger partial charge in [0.05, 0.1) is 5.60 Å². The van der Waals surface area contributed by atoms with Crippen LogP contribution in [0.1, 0.15) is 19.4 Å². The number of aryl methyl sites for hydroxylation is 1. The summed E-state index contributed by atoms with van der Waals surface area (Å²) < 4.78 is 2.10. The Morgan fingerprint density at radius 2 is 2.00 bits per heavy atom. The van der Waals surface area contributed by atoms with Crippen molar-refractivity contribution in [3.63, 3.8) is 0 Å². The molecule has 0 atom stereocenters. The lowest BCUT2D eigenvalue weighted by Crippen LogP contribution is -2.21. The highest BCUT2D eigenvalue weighted by Crippen LogP contribution is 2.19. The van der Waals surface area contributed by atoms with Crippen LogP contribution < -0.4 is 0 Å². The molecule has 0 aliphatic carbocycles. The number of benzene rings is 1. The van der Waals surface area contributed by atoms with Gasteiger partial charge in [-0.3, -0.25) is 0 Å². The van der Waals surface area contributed by atoms with Gasteiger partial charge in [-0.2, -0.15) is 0 Å². The summed E-state index contributed by atoms with van der Waals surface area (Å²) in [5.41, 5.74) is 1.76. The zero-order chi connectivity index (χ0) is 11.1. The molecular weight excluding hydrogens is 186 g/mol. The molecule has 2 heteroatoms. The molecular formula is C13H17NO. The lowest BCUT2D eigenvalue weighted by molar-refractivity contribution is 0.0810. The molecule has 1 N–H and O–H groups in total. The van der Waals surface area contributed by atoms with E-state index in [1.807, 2.05) is 20.9 Å². The van der Waals surface area contributed by atoms with Gasteiger partial charge in [-0.1, -0.05) is 12.1 Å². The number of rotatable bonds is 2. The summed E-state index contributed by atoms with van der Waals surface area (Å²) in [6.07, 6.45) is 2.74. The molecule has 0 saturated carbocycles. The highest BCUT2D eigenvalue weighted by molar-refractivity contribution is 5.80. The van der Waals surface area contributed by atoms with Gasteiger partial charge in [-0.25, -0.2) is 0 Å². The Morgan fingerprint density at radius 1 is 1.27 bits per heavy atom. The maximum Gasteiger partial charge on any atom is 0.0631 e. The van der Waals surface area contributed by atoms with Gasteiger partial charge in [0.15, 0.2) is 0 Å². The number of aromatic nitrogens is 1. The van der Waals surface area contributed by atoms with Gasteiger partial charge in [-0.15, -0.1) is 0 Å². The fourth-order valence-electron chi connectivity index (χ4n) is 1.92. The van der Waals surface area contributed by atoms with Gasteiger partial charge in [0, 0.05) is 25.2 Å². The van der Waals surface area contributed by atoms with Gasteiger partial charge >= 0.3 is 0 Å². The minimum Gasteiger partial charge on any atom is -0.390 e. The summed E-state index contributed by atoms with van der Waals surface area (Å²) >= 11 is 0. The lowest BCUT2D eigenvalue weighted by Gasteiger charge is -2.17. The van der Waals surface area contributed by atoms with E-state index in [0.717, 1.165) is 0 Å². The number of hydrogen-bond donors (Lipinski definition) is 1. The highest BCUT2D eigenvalue weighted by atomic mass is 16.3. The monoisotopic (exact) mass is 203 g/mol. The molecule has 0 bridgehead atoms. The Kier molecular flexibility index (Phi) is 2.31. The third kappa shape index (κ3) is 2.21. The highest BCUT2D eigenvalue weighted by Gasteiger charge is 2.13. The molecule has 1 aromatic carbocycles. The Hall–Kier alpha value is -1.28. The Bertz CT molecular complexity index is 477. The molecule has 1 heterocycles. The number of hydrogen-bond acceptors (Lipinski definition) is 1. The fourth-order valence-corrected chi connectivity index (χ4v) is 1.92. The van der Waals surface area contributed by atoms with E-state index in [2.05, 4.69) is 35.0 Å². The summed E-state index contributed by atoms with van der Waals surface area (Å²) in [6.45, 7) is 3.67. The Labute approximate surface area is 90.2 Å². The maximum absolute atomic E-state index is 9.76. The molecule has 15 heavy (non-hydrogen) atoms. The summed E-state index contributed by atoms with van der Waals surface area (Å²) in [5, 5.41) is 11.0. The van der Waals surface area contributed by atoms with Gasteiger partial charge < -0.3 is 9.67 Å². The summed E-state index contributed by atoms with van der Waals surface area (Å²) in [6, 6.07) is 8.44. The first-order chi connectivity index (χ1) is 6.96. The van der Waals surface area contributed by atoms with E-state index in [1.54, 1.807) is 0 Å². The van der Waals surface area contributed by atoms with Crippen LogP contribution >= 0.6 is 0 Å². The molecule has 0 amide bonds. The molecule has 0 saturated heterocycles. The first kappa shape index (κ1) is 10.2. The van der Waals surface area contributed by atoms with Crippen molar-refractivity contribution in [1.82, 2.24) is 4.57 Å². The average molecular weight is 203 g/mol. The van der Waals surface area contributed by atoms with Gasteiger partial charge in [0.1, 0.15) is 0 Å². The molecule has 2 rings (SSSR count). The first-order valence-corrected chi connectivity index (χ1v) is 5.22. The van der Waals surface area contributed by atoms with Gasteiger partial charge in [0.25, 0.3) is 0 Å². The largest absolute Gasteiger partial charge is 0.390 e. The summed E-state index contributed by atoms with van der Waals surface area (Å²) in [4.78, 5) is 0. The second-order valence-electron chi connectivity index (χ2n) is 4.81. The van der Waals surface area contributed by atoms with Crippen LogP contribution in [0.3, 0.4) is 0 Å². The zero-order valence-corrected chi connectivity index (χ0v) is 9.49. The van der Waals surface area contributed by atoms with Crippen molar-refractivity contribution in [3.05, 3.63) is 36.0 Å². The van der Waals surface area contributed by atoms with Crippen LogP contribution in [0.5, 0.6) is 0 Å². The molecule has 0 aliphatic rings. The fraction of sp³-hybridized carbons (Fsp3) is 0.385. The third-order valence-corrected chi connectivity index (χ3v) is 2.59. The zero-order valence-electron chi connectivity index (χ0n) is 9.49. The predicted molar refractivity (Wildman–Crippen MR) is 62.9 cm³/mol. The van der Waals surface area contributed by atoms with Crippen LogP contribution in [0.2, 0.25) is 0 Å². The Morgan fingerprint density at radius 3 is 2.67 bits per heavy atom. The van der Waals surface area contributed by atoms with Crippen molar-refractivity contribution in [1.29, 1.82) is 0 Å². The van der Waals surface area contributed by atoms with Crippen molar-refractivity contribution in [3.8, 4) is 0 Å². The van der Waals surface area contributed by atoms with Crippen molar-refractivity contribution in [2.75, 3.05) is 0 Å². The number of nitrogens with zero attached hydrogens (tertiary/aromatic N) is 1. The smallest absolute Gasteiger partial charge is 0.0631 e. The molecule has 2 nitrogen and oxygen atoms in total. The molecule has 0 aliphatic heterocycles. The van der Waals surface area contributed by atoms with Gasteiger partial charge in [-0.05, 0) is 36.9 Å². The summed E-state index contributed by atoms with van der Waals surface area (Å²) in [5.74, 6) is 0. The SMILES string of the molecule is Cn1ccc2ccc(CC(C)(C)O)cc21. The topological polar surface area (TPSA) is 25.2 Å². The molecule has 1 aromatic heterocycles. The second kappa shape index (κ2) is 3.38. The number of fused-ring (bicyclic) bond motifs is 1. The second-order valence-corrected chi connectivity index (χ2v) is 4.81. The minimum absolute atomic E-state index is 0.640. The maximum atomic E-state index is 9.76. The van der Waals surface area contributed by atoms with Crippen molar-refractivity contribution in [2.45, 2.75) is 25.9 Å². The Balaban J connectivity index is 2.42. The van der Waals surface area contributed by atoms with Crippen LogP contribution in [-0.4, -0.2) is 15.3 Å². The molecule has 0 unspecified atom stereocenters. The van der Waals surface area contributed by atoms with E-state index >= 15 is 0 Å². The first-order valence-electron chi connectivity index (χ1n) is 5.22. The van der Waals surface area contributed by atoms with Crippen LogP contribution in [0.15, 0.2) is 30.5 Å². The van der Waals surface area contributed by atoms with E-state index in [4.69, 9.17) is 0 Å². The standard InChI is InChI=1S/C13H17NO/c1-13(2,15)9-10-4-5-11-6-7-14(3)12(11)8-10/h4-8,15H,9H2,1-3H3. The van der Waals surface area contributed by atoms with Crippen LogP contribution in [0.4, 0.5) is 0 Å². The molecule has 2 aromatic rings. The lowest BCUT2D eigenvalue weighted by atomic mass is 9.98. The van der Waals surface area contributed by atoms with E-state index in [9.17, 15) is 5.11 Å². The van der Waals surface area contributed by atoms with Crippen molar-refractivity contribution >= 4 is 10.9 Å². The minimum atomic E-state index is -0.640. The van der Waals surface area contributed by atoms with E-state index < -0.39 is 5.60 Å². The molecule has 0 radical (unpaired) electrons. The van der Waals surface area contributed by atoms with E-state index in [1.165, 1.54) is 16.5 Å². The predicted octanol–water partition coefficient (Wildman–Crippen LogP) is 2.49. The summed E-state index contributed by atoms with van der Waals surface area (Å²) in [7, 11) is 2.04.